The Morgan fingerprint density at radius 1 is 1.13 bits per heavy atom. The van der Waals surface area contributed by atoms with Gasteiger partial charge in [-0.05, 0) is 42.5 Å². The van der Waals surface area contributed by atoms with Gasteiger partial charge in [0.25, 0.3) is 0 Å². The second-order valence-electron chi connectivity index (χ2n) is 6.20. The minimum Gasteiger partial charge on any atom is -0.489 e. The van der Waals surface area contributed by atoms with E-state index in [9.17, 15) is 4.79 Å². The molecule has 0 saturated heterocycles. The number of nitrogens with zero attached hydrogens (tertiary/aromatic N) is 1. The van der Waals surface area contributed by atoms with E-state index < -0.39 is 5.54 Å². The van der Waals surface area contributed by atoms with Crippen LogP contribution in [0, 0.1) is 6.92 Å². The van der Waals surface area contributed by atoms with Gasteiger partial charge in [-0.2, -0.15) is 4.99 Å². The lowest BCUT2D eigenvalue weighted by molar-refractivity contribution is 0.302. The number of benzene rings is 2. The van der Waals surface area contributed by atoms with Gasteiger partial charge in [-0.25, -0.2) is 4.79 Å². The van der Waals surface area contributed by atoms with E-state index in [1.165, 1.54) is 0 Å². The third kappa shape index (κ3) is 3.35. The molecule has 1 saturated carbocycles. The number of rotatable bonds is 5. The summed E-state index contributed by atoms with van der Waals surface area (Å²) in [6, 6.07) is 16.3. The van der Waals surface area contributed by atoms with Gasteiger partial charge in [0.1, 0.15) is 12.4 Å². The molecule has 3 heteroatoms. The van der Waals surface area contributed by atoms with Gasteiger partial charge in [0.15, 0.2) is 0 Å². The van der Waals surface area contributed by atoms with Crippen LogP contribution in [0.2, 0.25) is 0 Å². The third-order valence-corrected chi connectivity index (χ3v) is 4.65. The largest absolute Gasteiger partial charge is 0.489 e. The Balaban J connectivity index is 1.85. The predicted octanol–water partition coefficient (Wildman–Crippen LogP) is 4.68. The normalized spacial score (nSPS) is 15.9. The lowest BCUT2D eigenvalue weighted by atomic mass is 9.88. The van der Waals surface area contributed by atoms with Crippen LogP contribution in [0.15, 0.2) is 53.5 Å². The molecule has 0 bridgehead atoms. The van der Waals surface area contributed by atoms with Crippen LogP contribution in [0.25, 0.3) is 0 Å². The number of carbonyl (C=O) groups excluding carboxylic acids is 1. The smallest absolute Gasteiger partial charge is 0.235 e. The standard InChI is InChI=1S/C20H21NO2/c1-16-9-10-18(20(21-15-22)11-5-6-12-20)13-19(16)23-14-17-7-3-2-4-8-17/h2-4,7-10,13H,5-6,11-12,14H2,1H3. The Morgan fingerprint density at radius 3 is 2.57 bits per heavy atom. The molecule has 3 nitrogen and oxygen atoms in total. The lowest BCUT2D eigenvalue weighted by Gasteiger charge is -2.24. The van der Waals surface area contributed by atoms with Crippen LogP contribution < -0.4 is 4.74 Å². The summed E-state index contributed by atoms with van der Waals surface area (Å²) < 4.78 is 6.01. The third-order valence-electron chi connectivity index (χ3n) is 4.65. The summed E-state index contributed by atoms with van der Waals surface area (Å²) in [5.74, 6) is 0.860. The Bertz CT molecular complexity index is 712. The molecule has 1 fully saturated rings. The van der Waals surface area contributed by atoms with E-state index in [-0.39, 0.29) is 0 Å². The molecule has 0 aromatic heterocycles. The van der Waals surface area contributed by atoms with Gasteiger partial charge in [-0.1, -0.05) is 55.3 Å². The molecule has 0 radical (unpaired) electrons. The predicted molar refractivity (Wildman–Crippen MR) is 90.2 cm³/mol. The maximum absolute atomic E-state index is 10.9. The molecule has 118 valence electrons. The quantitative estimate of drug-likeness (QED) is 0.594. The van der Waals surface area contributed by atoms with E-state index in [0.29, 0.717) is 6.61 Å². The highest BCUT2D eigenvalue weighted by Crippen LogP contribution is 2.43. The molecule has 0 aliphatic heterocycles. The molecule has 0 unspecified atom stereocenters. The number of aryl methyl sites for hydroxylation is 1. The molecule has 0 N–H and O–H groups in total. The second-order valence-corrected chi connectivity index (χ2v) is 6.20. The maximum Gasteiger partial charge on any atom is 0.235 e. The fourth-order valence-corrected chi connectivity index (χ4v) is 3.29. The summed E-state index contributed by atoms with van der Waals surface area (Å²) in [5, 5.41) is 0. The van der Waals surface area contributed by atoms with Crippen molar-refractivity contribution in [1.29, 1.82) is 0 Å². The number of hydrogen-bond acceptors (Lipinski definition) is 3. The zero-order chi connectivity index (χ0) is 16.1. The summed E-state index contributed by atoms with van der Waals surface area (Å²) in [4.78, 5) is 15.0. The van der Waals surface area contributed by atoms with Crippen LogP contribution in [0.3, 0.4) is 0 Å². The average Bonchev–Trinajstić information content (AvgIpc) is 3.05. The number of isocyanates is 1. The van der Waals surface area contributed by atoms with Gasteiger partial charge in [0.2, 0.25) is 6.08 Å². The van der Waals surface area contributed by atoms with Gasteiger partial charge in [0.05, 0.1) is 5.54 Å². The van der Waals surface area contributed by atoms with E-state index in [4.69, 9.17) is 4.74 Å². The van der Waals surface area contributed by atoms with Crippen molar-refractivity contribution in [3.8, 4) is 5.75 Å². The average molecular weight is 307 g/mol. The van der Waals surface area contributed by atoms with Crippen molar-refractivity contribution in [1.82, 2.24) is 0 Å². The van der Waals surface area contributed by atoms with Gasteiger partial charge >= 0.3 is 0 Å². The molecule has 2 aromatic rings. The first kappa shape index (κ1) is 15.5. The summed E-state index contributed by atoms with van der Waals surface area (Å²) in [6.45, 7) is 2.57. The van der Waals surface area contributed by atoms with Gasteiger partial charge in [-0.15, -0.1) is 0 Å². The molecule has 23 heavy (non-hydrogen) atoms. The van der Waals surface area contributed by atoms with Crippen molar-refractivity contribution in [3.05, 3.63) is 65.2 Å². The zero-order valence-corrected chi connectivity index (χ0v) is 13.4. The van der Waals surface area contributed by atoms with Crippen LogP contribution in [-0.2, 0) is 16.9 Å². The summed E-state index contributed by atoms with van der Waals surface area (Å²) >= 11 is 0. The van der Waals surface area contributed by atoms with E-state index in [1.807, 2.05) is 43.3 Å². The number of ether oxygens (including phenoxy) is 1. The van der Waals surface area contributed by atoms with Crippen molar-refractivity contribution in [2.75, 3.05) is 0 Å². The molecule has 0 amide bonds. The Kier molecular flexibility index (Phi) is 4.59. The molecular formula is C20H21NO2. The molecule has 1 aliphatic rings. The van der Waals surface area contributed by atoms with Crippen molar-refractivity contribution >= 4 is 6.08 Å². The second kappa shape index (κ2) is 6.80. The van der Waals surface area contributed by atoms with E-state index in [1.54, 1.807) is 6.08 Å². The van der Waals surface area contributed by atoms with E-state index in [2.05, 4.69) is 17.1 Å². The SMILES string of the molecule is Cc1ccc(C2(N=C=O)CCCC2)cc1OCc1ccccc1. The molecule has 3 rings (SSSR count). The van der Waals surface area contributed by atoms with Crippen molar-refractivity contribution in [2.45, 2.75) is 44.8 Å². The fraction of sp³-hybridized carbons (Fsp3) is 0.350. The molecule has 0 atom stereocenters. The topological polar surface area (TPSA) is 38.7 Å². The summed E-state index contributed by atoms with van der Waals surface area (Å²) in [6.07, 6.45) is 5.78. The molecule has 0 spiro atoms. The molecule has 1 aliphatic carbocycles. The maximum atomic E-state index is 10.9. The first-order valence-corrected chi connectivity index (χ1v) is 8.10. The summed E-state index contributed by atoms with van der Waals surface area (Å²) in [5.41, 5.74) is 2.89. The van der Waals surface area contributed by atoms with Crippen molar-refractivity contribution in [2.24, 2.45) is 4.99 Å². The van der Waals surface area contributed by atoms with Crippen LogP contribution in [0.1, 0.15) is 42.4 Å². The van der Waals surface area contributed by atoms with Crippen LogP contribution in [0.5, 0.6) is 5.75 Å². The highest BCUT2D eigenvalue weighted by atomic mass is 16.5. The minimum atomic E-state index is -0.402. The number of hydrogen-bond donors (Lipinski definition) is 0. The van der Waals surface area contributed by atoms with Crippen LogP contribution in [-0.4, -0.2) is 6.08 Å². The van der Waals surface area contributed by atoms with E-state index >= 15 is 0 Å². The molecule has 2 aromatic carbocycles. The zero-order valence-electron chi connectivity index (χ0n) is 13.4. The van der Waals surface area contributed by atoms with Crippen LogP contribution in [0.4, 0.5) is 0 Å². The van der Waals surface area contributed by atoms with Gasteiger partial charge in [-0.3, -0.25) is 0 Å². The first-order chi connectivity index (χ1) is 11.2. The van der Waals surface area contributed by atoms with Crippen molar-refractivity contribution in [3.63, 3.8) is 0 Å². The fourth-order valence-electron chi connectivity index (χ4n) is 3.29. The lowest BCUT2D eigenvalue weighted by Crippen LogP contribution is -2.19. The highest BCUT2D eigenvalue weighted by Gasteiger charge is 2.36. The van der Waals surface area contributed by atoms with Gasteiger partial charge < -0.3 is 4.74 Å². The van der Waals surface area contributed by atoms with Crippen LogP contribution >= 0.6 is 0 Å². The molecule has 0 heterocycles. The summed E-state index contributed by atoms with van der Waals surface area (Å²) in [7, 11) is 0. The van der Waals surface area contributed by atoms with Crippen molar-refractivity contribution < 1.29 is 9.53 Å². The molecular weight excluding hydrogens is 286 g/mol. The highest BCUT2D eigenvalue weighted by molar-refractivity contribution is 5.43. The Labute approximate surface area is 137 Å². The number of aliphatic imine (C=N–C) groups is 1. The van der Waals surface area contributed by atoms with Gasteiger partial charge in [0, 0.05) is 0 Å². The van der Waals surface area contributed by atoms with E-state index in [0.717, 1.165) is 48.1 Å². The monoisotopic (exact) mass is 307 g/mol. The first-order valence-electron chi connectivity index (χ1n) is 8.10. The Hall–Kier alpha value is -2.38. The Morgan fingerprint density at radius 2 is 1.87 bits per heavy atom. The minimum absolute atomic E-state index is 0.402.